The number of rotatable bonds is 1. The summed E-state index contributed by atoms with van der Waals surface area (Å²) in [6, 6.07) is 6.62. The highest BCUT2D eigenvalue weighted by molar-refractivity contribution is 5.20. The predicted octanol–water partition coefficient (Wildman–Crippen LogP) is 0.740. The highest BCUT2D eigenvalue weighted by Crippen LogP contribution is 1.92. The molecule has 0 aromatic carbocycles. The van der Waals surface area contributed by atoms with Gasteiger partial charge in [0.1, 0.15) is 11.8 Å². The molecule has 1 rings (SSSR count). The van der Waals surface area contributed by atoms with Crippen molar-refractivity contribution in [2.75, 3.05) is 0 Å². The molecule has 1 aromatic rings. The smallest absolute Gasteiger partial charge is 0.251 e. The van der Waals surface area contributed by atoms with Crippen LogP contribution in [-0.4, -0.2) is 4.57 Å². The maximum absolute atomic E-state index is 11.0. The van der Waals surface area contributed by atoms with Crippen molar-refractivity contribution in [1.29, 1.82) is 5.26 Å². The fraction of sp³-hybridized carbons (Fsp3) is 0.250. The van der Waals surface area contributed by atoms with Crippen LogP contribution >= 0.6 is 0 Å². The van der Waals surface area contributed by atoms with Gasteiger partial charge >= 0.3 is 0 Å². The monoisotopic (exact) mass is 148 g/mol. The van der Waals surface area contributed by atoms with Gasteiger partial charge in [0.2, 0.25) is 0 Å². The zero-order valence-corrected chi connectivity index (χ0v) is 6.24. The molecule has 3 nitrogen and oxygen atoms in total. The fourth-order valence-corrected chi connectivity index (χ4v) is 0.944. The number of nitriles is 1. The third-order valence-corrected chi connectivity index (χ3v) is 1.48. The van der Waals surface area contributed by atoms with E-state index in [1.165, 1.54) is 10.6 Å². The minimum atomic E-state index is -0.119. The molecule has 0 spiro atoms. The number of aromatic nitrogens is 1. The van der Waals surface area contributed by atoms with E-state index in [0.717, 1.165) is 0 Å². The summed E-state index contributed by atoms with van der Waals surface area (Å²) in [6.07, 6.45) is 0. The Labute approximate surface area is 64.5 Å². The fourth-order valence-electron chi connectivity index (χ4n) is 0.944. The molecule has 1 heterocycles. The van der Waals surface area contributed by atoms with E-state index in [1.54, 1.807) is 12.1 Å². The van der Waals surface area contributed by atoms with Gasteiger partial charge in [-0.3, -0.25) is 4.79 Å². The molecular formula is C8H8N2O. The van der Waals surface area contributed by atoms with Gasteiger partial charge < -0.3 is 4.57 Å². The molecule has 0 fully saturated rings. The molecule has 0 radical (unpaired) electrons. The van der Waals surface area contributed by atoms with Crippen LogP contribution in [0.2, 0.25) is 0 Å². The van der Waals surface area contributed by atoms with Crippen LogP contribution in [0.5, 0.6) is 0 Å². The molecule has 0 amide bonds. The lowest BCUT2D eigenvalue weighted by molar-refractivity contribution is 0.716. The number of nitrogens with zero attached hydrogens (tertiary/aromatic N) is 2. The average Bonchev–Trinajstić information content (AvgIpc) is 2.04. The minimum absolute atomic E-state index is 0.119. The summed E-state index contributed by atoms with van der Waals surface area (Å²) in [5.41, 5.74) is 0.298. The van der Waals surface area contributed by atoms with E-state index in [1.807, 2.05) is 13.0 Å². The van der Waals surface area contributed by atoms with Gasteiger partial charge in [-0.1, -0.05) is 6.07 Å². The first-order valence-corrected chi connectivity index (χ1v) is 3.39. The SMILES string of the molecule is CCn1c(C#N)cccc1=O. The second-order valence-corrected chi connectivity index (χ2v) is 2.11. The van der Waals surface area contributed by atoms with Crippen LogP contribution in [0.3, 0.4) is 0 Å². The lowest BCUT2D eigenvalue weighted by atomic mass is 10.3. The quantitative estimate of drug-likeness (QED) is 0.589. The Balaban J connectivity index is 3.39. The van der Waals surface area contributed by atoms with Crippen LogP contribution < -0.4 is 5.56 Å². The Morgan fingerprint density at radius 1 is 1.64 bits per heavy atom. The van der Waals surface area contributed by atoms with E-state index in [4.69, 9.17) is 5.26 Å². The first kappa shape index (κ1) is 7.55. The summed E-state index contributed by atoms with van der Waals surface area (Å²) in [4.78, 5) is 11.0. The molecule has 11 heavy (non-hydrogen) atoms. The van der Waals surface area contributed by atoms with Gasteiger partial charge in [-0.25, -0.2) is 0 Å². The van der Waals surface area contributed by atoms with Crippen LogP contribution in [-0.2, 0) is 6.54 Å². The van der Waals surface area contributed by atoms with E-state index in [0.29, 0.717) is 12.2 Å². The summed E-state index contributed by atoms with van der Waals surface area (Å²) in [7, 11) is 0. The standard InChI is InChI=1S/C8H8N2O/c1-2-10-7(6-9)4-3-5-8(10)11/h3-5H,2H2,1H3. The Morgan fingerprint density at radius 3 is 2.82 bits per heavy atom. The van der Waals surface area contributed by atoms with Crippen LogP contribution in [0, 0.1) is 11.3 Å². The molecule has 0 atom stereocenters. The number of hydrogen-bond donors (Lipinski definition) is 0. The van der Waals surface area contributed by atoms with E-state index in [2.05, 4.69) is 0 Å². The largest absolute Gasteiger partial charge is 0.300 e. The second-order valence-electron chi connectivity index (χ2n) is 2.11. The van der Waals surface area contributed by atoms with Crippen LogP contribution in [0.1, 0.15) is 12.6 Å². The molecule has 0 aliphatic rings. The first-order valence-electron chi connectivity index (χ1n) is 3.39. The van der Waals surface area contributed by atoms with Crippen LogP contribution in [0.4, 0.5) is 0 Å². The molecule has 0 saturated heterocycles. The Bertz CT molecular complexity index is 346. The molecule has 0 aliphatic carbocycles. The maximum Gasteiger partial charge on any atom is 0.251 e. The molecular weight excluding hydrogens is 140 g/mol. The van der Waals surface area contributed by atoms with Gasteiger partial charge in [0.25, 0.3) is 5.56 Å². The van der Waals surface area contributed by atoms with Crippen LogP contribution in [0.15, 0.2) is 23.0 Å². The molecule has 0 unspecified atom stereocenters. The van der Waals surface area contributed by atoms with E-state index >= 15 is 0 Å². The molecule has 0 aliphatic heterocycles. The summed E-state index contributed by atoms with van der Waals surface area (Å²) < 4.78 is 1.43. The van der Waals surface area contributed by atoms with Gasteiger partial charge in [-0.2, -0.15) is 5.26 Å². The molecule has 0 saturated carbocycles. The minimum Gasteiger partial charge on any atom is -0.300 e. The van der Waals surface area contributed by atoms with E-state index in [9.17, 15) is 4.79 Å². The van der Waals surface area contributed by atoms with Crippen molar-refractivity contribution >= 4 is 0 Å². The van der Waals surface area contributed by atoms with Gasteiger partial charge in [0, 0.05) is 12.6 Å². The highest BCUT2D eigenvalue weighted by Gasteiger charge is 1.97. The summed E-state index contributed by atoms with van der Waals surface area (Å²) in [5, 5.41) is 8.56. The highest BCUT2D eigenvalue weighted by atomic mass is 16.1. The van der Waals surface area contributed by atoms with Crippen molar-refractivity contribution in [3.05, 3.63) is 34.2 Å². The normalized spacial score (nSPS) is 9.09. The Kier molecular flexibility index (Phi) is 2.07. The van der Waals surface area contributed by atoms with Crippen molar-refractivity contribution in [1.82, 2.24) is 4.57 Å². The van der Waals surface area contributed by atoms with Crippen molar-refractivity contribution in [3.8, 4) is 6.07 Å². The van der Waals surface area contributed by atoms with Crippen molar-refractivity contribution < 1.29 is 0 Å². The van der Waals surface area contributed by atoms with Crippen molar-refractivity contribution in [2.45, 2.75) is 13.5 Å². The van der Waals surface area contributed by atoms with Gasteiger partial charge in [-0.15, -0.1) is 0 Å². The second kappa shape index (κ2) is 3.02. The van der Waals surface area contributed by atoms with E-state index in [-0.39, 0.29) is 5.56 Å². The Hall–Kier alpha value is -1.56. The van der Waals surface area contributed by atoms with Crippen molar-refractivity contribution in [2.24, 2.45) is 0 Å². The summed E-state index contributed by atoms with van der Waals surface area (Å²) >= 11 is 0. The molecule has 3 heteroatoms. The molecule has 0 N–H and O–H groups in total. The topological polar surface area (TPSA) is 45.8 Å². The zero-order chi connectivity index (χ0) is 8.27. The van der Waals surface area contributed by atoms with Crippen LogP contribution in [0.25, 0.3) is 0 Å². The lowest BCUT2D eigenvalue weighted by Gasteiger charge is -2.01. The molecule has 0 bridgehead atoms. The molecule has 56 valence electrons. The van der Waals surface area contributed by atoms with Gasteiger partial charge in [0.05, 0.1) is 0 Å². The predicted molar refractivity (Wildman–Crippen MR) is 41.1 cm³/mol. The maximum atomic E-state index is 11.0. The lowest BCUT2D eigenvalue weighted by Crippen LogP contribution is -2.19. The molecule has 1 aromatic heterocycles. The third kappa shape index (κ3) is 1.30. The van der Waals surface area contributed by atoms with Crippen molar-refractivity contribution in [3.63, 3.8) is 0 Å². The summed E-state index contributed by atoms with van der Waals surface area (Å²) in [6.45, 7) is 2.38. The average molecular weight is 148 g/mol. The van der Waals surface area contributed by atoms with Gasteiger partial charge in [-0.05, 0) is 13.0 Å². The zero-order valence-electron chi connectivity index (χ0n) is 6.24. The van der Waals surface area contributed by atoms with E-state index < -0.39 is 0 Å². The Morgan fingerprint density at radius 2 is 2.36 bits per heavy atom. The third-order valence-electron chi connectivity index (χ3n) is 1.48. The first-order chi connectivity index (χ1) is 5.29. The summed E-state index contributed by atoms with van der Waals surface area (Å²) in [5.74, 6) is 0. The number of pyridine rings is 1. The number of hydrogen-bond acceptors (Lipinski definition) is 2. The van der Waals surface area contributed by atoms with Gasteiger partial charge in [0.15, 0.2) is 0 Å².